The highest BCUT2D eigenvalue weighted by molar-refractivity contribution is 6.36. The minimum absolute atomic E-state index is 0.529. The van der Waals surface area contributed by atoms with Crippen LogP contribution in [0.1, 0.15) is 11.3 Å². The largest absolute Gasteiger partial charge is 0.404 e. The predicted molar refractivity (Wildman–Crippen MR) is 116 cm³/mol. The summed E-state index contributed by atoms with van der Waals surface area (Å²) in [6.07, 6.45) is 4.05. The van der Waals surface area contributed by atoms with E-state index in [4.69, 9.17) is 38.9 Å². The van der Waals surface area contributed by atoms with Crippen LogP contribution in [0.3, 0.4) is 0 Å². The van der Waals surface area contributed by atoms with Crippen LogP contribution in [0.15, 0.2) is 35.5 Å². The predicted octanol–water partition coefficient (Wildman–Crippen LogP) is 2.60. The third-order valence-electron chi connectivity index (χ3n) is 4.33. The average molecular weight is 420 g/mol. The Bertz CT molecular complexity index is 896. The molecule has 9 heteroatoms. The number of nitrogens with zero attached hydrogens (tertiary/aromatic N) is 3. The van der Waals surface area contributed by atoms with Crippen molar-refractivity contribution in [3.8, 4) is 11.4 Å². The molecule has 0 atom stereocenters. The van der Waals surface area contributed by atoms with E-state index in [-0.39, 0.29) is 0 Å². The number of halogens is 2. The molecular formula is C19H23Cl2N7. The number of aromatic nitrogens is 2. The molecule has 28 heavy (non-hydrogen) atoms. The molecule has 1 aromatic heterocycles. The fourth-order valence-electron chi connectivity index (χ4n) is 2.97. The maximum atomic E-state index is 6.37. The number of benzene rings is 1. The van der Waals surface area contributed by atoms with Gasteiger partial charge in [0.2, 0.25) is 0 Å². The molecule has 2 heterocycles. The first-order chi connectivity index (χ1) is 13.6. The number of hydrogen-bond acceptors (Lipinski definition) is 6. The summed E-state index contributed by atoms with van der Waals surface area (Å²) in [5.41, 5.74) is 8.29. The van der Waals surface area contributed by atoms with Crippen LogP contribution >= 0.6 is 23.2 Å². The smallest absolute Gasteiger partial charge is 0.163 e. The number of hydrogen-bond donors (Lipinski definition) is 4. The van der Waals surface area contributed by atoms with Gasteiger partial charge < -0.3 is 21.7 Å². The van der Waals surface area contributed by atoms with Crippen molar-refractivity contribution in [2.24, 2.45) is 10.7 Å². The highest BCUT2D eigenvalue weighted by atomic mass is 35.5. The topological polar surface area (TPSA) is 100 Å². The van der Waals surface area contributed by atoms with Crippen LogP contribution in [0.2, 0.25) is 10.0 Å². The summed E-state index contributed by atoms with van der Waals surface area (Å²) >= 11 is 12.4. The molecule has 0 bridgehead atoms. The lowest BCUT2D eigenvalue weighted by atomic mass is 10.1. The van der Waals surface area contributed by atoms with Crippen molar-refractivity contribution in [3.05, 3.63) is 51.8 Å². The Morgan fingerprint density at radius 1 is 1.32 bits per heavy atom. The molecule has 1 aliphatic rings. The van der Waals surface area contributed by atoms with Crippen molar-refractivity contribution < 1.29 is 0 Å². The fraction of sp³-hybridized carbons (Fsp3) is 0.316. The Morgan fingerprint density at radius 2 is 2.18 bits per heavy atom. The standard InChI is InChI=1S/C19H23Cl2N7/c1-23-17(4-6-22)25-8-9-26-18-14-5-7-24-11-16(14)27-19(28-18)13-3-2-12(20)10-15(13)21/h2-4,6,10,24H,5,7-9,11,22H2,1H3,(H,23,25)(H,26,27,28). The third-order valence-corrected chi connectivity index (χ3v) is 4.88. The second-order valence-electron chi connectivity index (χ2n) is 6.19. The van der Waals surface area contributed by atoms with Gasteiger partial charge in [0.15, 0.2) is 5.82 Å². The lowest BCUT2D eigenvalue weighted by Crippen LogP contribution is -2.30. The second kappa shape index (κ2) is 9.73. The first kappa shape index (κ1) is 20.4. The van der Waals surface area contributed by atoms with Crippen LogP contribution in [0, 0.1) is 0 Å². The maximum absolute atomic E-state index is 6.37. The molecule has 7 nitrogen and oxygen atoms in total. The quantitative estimate of drug-likeness (QED) is 0.326. The lowest BCUT2D eigenvalue weighted by molar-refractivity contribution is 0.625. The second-order valence-corrected chi connectivity index (χ2v) is 7.04. The molecule has 3 rings (SSSR count). The van der Waals surface area contributed by atoms with Crippen LogP contribution in [0.25, 0.3) is 11.4 Å². The van der Waals surface area contributed by atoms with Crippen molar-refractivity contribution in [1.82, 2.24) is 20.6 Å². The van der Waals surface area contributed by atoms with Gasteiger partial charge in [-0.1, -0.05) is 23.2 Å². The van der Waals surface area contributed by atoms with Crippen molar-refractivity contribution >= 4 is 34.9 Å². The molecule has 2 aromatic rings. The lowest BCUT2D eigenvalue weighted by Gasteiger charge is -2.21. The molecule has 0 aliphatic carbocycles. The van der Waals surface area contributed by atoms with Gasteiger partial charge in [-0.05, 0) is 43.4 Å². The molecule has 0 radical (unpaired) electrons. The van der Waals surface area contributed by atoms with Gasteiger partial charge in [0, 0.05) is 42.8 Å². The van der Waals surface area contributed by atoms with E-state index < -0.39 is 0 Å². The molecule has 0 amide bonds. The zero-order valence-electron chi connectivity index (χ0n) is 15.6. The van der Waals surface area contributed by atoms with Crippen molar-refractivity contribution in [2.75, 3.05) is 32.0 Å². The number of fused-ring (bicyclic) bond motifs is 1. The zero-order valence-corrected chi connectivity index (χ0v) is 17.1. The van der Waals surface area contributed by atoms with Gasteiger partial charge in [0.1, 0.15) is 11.7 Å². The molecule has 0 saturated carbocycles. The van der Waals surface area contributed by atoms with Crippen molar-refractivity contribution in [1.29, 1.82) is 0 Å². The van der Waals surface area contributed by atoms with Crippen LogP contribution in [0.4, 0.5) is 5.82 Å². The summed E-state index contributed by atoms with van der Waals surface area (Å²) in [5.74, 6) is 2.15. The van der Waals surface area contributed by atoms with E-state index in [2.05, 4.69) is 20.9 Å². The number of anilines is 1. The van der Waals surface area contributed by atoms with E-state index >= 15 is 0 Å². The highest BCUT2D eigenvalue weighted by Crippen LogP contribution is 2.31. The number of rotatable bonds is 6. The fourth-order valence-corrected chi connectivity index (χ4v) is 3.47. The van der Waals surface area contributed by atoms with Gasteiger partial charge in [0.05, 0.1) is 10.7 Å². The number of nitrogens with two attached hydrogens (primary N) is 1. The van der Waals surface area contributed by atoms with E-state index in [0.29, 0.717) is 35.5 Å². The molecule has 0 spiro atoms. The van der Waals surface area contributed by atoms with Crippen molar-refractivity contribution in [2.45, 2.75) is 13.0 Å². The average Bonchev–Trinajstić information content (AvgIpc) is 2.70. The number of amidine groups is 1. The summed E-state index contributed by atoms with van der Waals surface area (Å²) in [6.45, 7) is 2.95. The van der Waals surface area contributed by atoms with Gasteiger partial charge in [-0.15, -0.1) is 0 Å². The van der Waals surface area contributed by atoms with Gasteiger partial charge in [0.25, 0.3) is 0 Å². The van der Waals surface area contributed by atoms with E-state index in [1.54, 1.807) is 25.3 Å². The first-order valence-electron chi connectivity index (χ1n) is 9.01. The Hall–Kier alpha value is -2.35. The molecule has 5 N–H and O–H groups in total. The molecule has 1 aromatic carbocycles. The summed E-state index contributed by atoms with van der Waals surface area (Å²) in [4.78, 5) is 13.6. The molecular weight excluding hydrogens is 397 g/mol. The molecule has 148 valence electrons. The van der Waals surface area contributed by atoms with E-state index in [1.165, 1.54) is 6.20 Å². The summed E-state index contributed by atoms with van der Waals surface area (Å²) in [6, 6.07) is 5.33. The van der Waals surface area contributed by atoms with Gasteiger partial charge in [-0.3, -0.25) is 4.99 Å². The number of aliphatic imine (C=N–C) groups is 1. The van der Waals surface area contributed by atoms with Crippen molar-refractivity contribution in [3.63, 3.8) is 0 Å². The Balaban J connectivity index is 1.81. The van der Waals surface area contributed by atoms with E-state index in [0.717, 1.165) is 41.4 Å². The SMILES string of the molecule is CN=C(C=CN)NCCNc1nc(-c2ccc(Cl)cc2Cl)nc2c1CCNC2. The minimum atomic E-state index is 0.529. The zero-order chi connectivity index (χ0) is 19.9. The Kier molecular flexibility index (Phi) is 7.08. The van der Waals surface area contributed by atoms with Crippen LogP contribution in [-0.2, 0) is 13.0 Å². The first-order valence-corrected chi connectivity index (χ1v) is 9.76. The summed E-state index contributed by atoms with van der Waals surface area (Å²) in [7, 11) is 1.71. The van der Waals surface area contributed by atoms with Gasteiger partial charge in [-0.2, -0.15) is 0 Å². The maximum Gasteiger partial charge on any atom is 0.163 e. The minimum Gasteiger partial charge on any atom is -0.404 e. The Labute approximate surface area is 174 Å². The number of nitrogens with one attached hydrogen (secondary N) is 3. The summed E-state index contributed by atoms with van der Waals surface area (Å²) in [5, 5.41) is 11.1. The molecule has 0 saturated heterocycles. The van der Waals surface area contributed by atoms with E-state index in [9.17, 15) is 0 Å². The normalized spacial score (nSPS) is 14.2. The van der Waals surface area contributed by atoms with Crippen LogP contribution in [-0.4, -0.2) is 42.5 Å². The molecule has 0 unspecified atom stereocenters. The van der Waals surface area contributed by atoms with E-state index in [1.807, 2.05) is 6.07 Å². The summed E-state index contributed by atoms with van der Waals surface area (Å²) < 4.78 is 0. The third kappa shape index (κ3) is 4.92. The monoisotopic (exact) mass is 419 g/mol. The highest BCUT2D eigenvalue weighted by Gasteiger charge is 2.19. The van der Waals surface area contributed by atoms with Gasteiger partial charge >= 0.3 is 0 Å². The molecule has 0 fully saturated rings. The Morgan fingerprint density at radius 3 is 2.93 bits per heavy atom. The molecule has 1 aliphatic heterocycles. The van der Waals surface area contributed by atoms with Crippen LogP contribution < -0.4 is 21.7 Å². The van der Waals surface area contributed by atoms with Gasteiger partial charge in [-0.25, -0.2) is 9.97 Å². The van der Waals surface area contributed by atoms with Crippen LogP contribution in [0.5, 0.6) is 0 Å².